The second-order valence-electron chi connectivity index (χ2n) is 3.98. The molecule has 1 heterocycles. The Hall–Kier alpha value is -1.65. The van der Waals surface area contributed by atoms with Crippen molar-refractivity contribution in [1.82, 2.24) is 9.97 Å². The lowest BCUT2D eigenvalue weighted by molar-refractivity contribution is 0.0598. The van der Waals surface area contributed by atoms with E-state index in [1.807, 2.05) is 0 Å². The third kappa shape index (κ3) is 1.98. The molecule has 0 aliphatic heterocycles. The number of rotatable bonds is 2. The van der Waals surface area contributed by atoms with Crippen molar-refractivity contribution in [3.63, 3.8) is 0 Å². The minimum Gasteiger partial charge on any atom is -0.465 e. The monoisotopic (exact) mass is 222 g/mol. The summed E-state index contributed by atoms with van der Waals surface area (Å²) in [6.45, 7) is 0. The van der Waals surface area contributed by atoms with Crippen LogP contribution in [0.5, 0.6) is 0 Å². The number of methoxy groups -OCH3 is 1. The van der Waals surface area contributed by atoms with Crippen molar-refractivity contribution in [1.29, 1.82) is 0 Å². The summed E-state index contributed by atoms with van der Waals surface area (Å²) in [5.41, 5.74) is -0.451. The molecule has 1 aliphatic rings. The first kappa shape index (κ1) is 10.9. The lowest BCUT2D eigenvalue weighted by Crippen LogP contribution is -2.22. The molecule has 0 saturated heterocycles. The first-order valence-corrected chi connectivity index (χ1v) is 5.40. The molecule has 0 atom stereocenters. The molecule has 1 aliphatic carbocycles. The first-order chi connectivity index (χ1) is 7.72. The first-order valence-electron chi connectivity index (χ1n) is 5.40. The topological polar surface area (TPSA) is 72.0 Å². The smallest absolute Gasteiger partial charge is 0.345 e. The summed E-state index contributed by atoms with van der Waals surface area (Å²) < 4.78 is 4.48. The number of H-pyrrole nitrogens is 1. The molecule has 0 aromatic carbocycles. The summed E-state index contributed by atoms with van der Waals surface area (Å²) in [4.78, 5) is 29.6. The number of nitrogens with one attached hydrogen (secondary N) is 1. The number of nitrogens with zero attached hydrogens (tertiary/aromatic N) is 1. The number of ether oxygens (including phenoxy) is 1. The maximum atomic E-state index is 11.6. The largest absolute Gasteiger partial charge is 0.465 e. The van der Waals surface area contributed by atoms with Gasteiger partial charge in [0.1, 0.15) is 11.4 Å². The maximum absolute atomic E-state index is 11.6. The van der Waals surface area contributed by atoms with Crippen LogP contribution in [0.25, 0.3) is 0 Å². The van der Waals surface area contributed by atoms with Gasteiger partial charge in [-0.25, -0.2) is 9.78 Å². The lowest BCUT2D eigenvalue weighted by atomic mass is 10.1. The number of hydrogen-bond acceptors (Lipinski definition) is 4. The van der Waals surface area contributed by atoms with Crippen molar-refractivity contribution in [2.75, 3.05) is 7.11 Å². The van der Waals surface area contributed by atoms with E-state index in [9.17, 15) is 9.59 Å². The third-order valence-corrected chi connectivity index (χ3v) is 2.97. The van der Waals surface area contributed by atoms with E-state index in [4.69, 9.17) is 0 Å². The van der Waals surface area contributed by atoms with Gasteiger partial charge in [-0.1, -0.05) is 12.8 Å². The molecule has 0 radical (unpaired) electrons. The average molecular weight is 222 g/mol. The van der Waals surface area contributed by atoms with Gasteiger partial charge in [0.05, 0.1) is 7.11 Å². The highest BCUT2D eigenvalue weighted by molar-refractivity contribution is 5.88. The van der Waals surface area contributed by atoms with Gasteiger partial charge in [0.15, 0.2) is 0 Å². The van der Waals surface area contributed by atoms with Gasteiger partial charge in [-0.15, -0.1) is 0 Å². The lowest BCUT2D eigenvalue weighted by Gasteiger charge is -2.07. The third-order valence-electron chi connectivity index (χ3n) is 2.97. The summed E-state index contributed by atoms with van der Waals surface area (Å²) in [7, 11) is 1.24. The Morgan fingerprint density at radius 2 is 2.19 bits per heavy atom. The number of aromatic nitrogens is 2. The van der Waals surface area contributed by atoms with Crippen LogP contribution >= 0.6 is 0 Å². The fourth-order valence-electron chi connectivity index (χ4n) is 2.07. The molecule has 0 amide bonds. The quantitative estimate of drug-likeness (QED) is 0.763. The molecule has 2 rings (SSSR count). The normalized spacial score (nSPS) is 16.3. The molecule has 0 spiro atoms. The van der Waals surface area contributed by atoms with Crippen molar-refractivity contribution >= 4 is 5.97 Å². The van der Waals surface area contributed by atoms with Crippen LogP contribution in [0.2, 0.25) is 0 Å². The van der Waals surface area contributed by atoms with Gasteiger partial charge in [0.25, 0.3) is 5.56 Å². The van der Waals surface area contributed by atoms with E-state index in [-0.39, 0.29) is 5.56 Å². The maximum Gasteiger partial charge on any atom is 0.345 e. The Morgan fingerprint density at radius 1 is 1.50 bits per heavy atom. The Labute approximate surface area is 92.9 Å². The Bertz CT molecular complexity index is 447. The summed E-state index contributed by atoms with van der Waals surface area (Å²) in [5, 5.41) is 0. The van der Waals surface area contributed by atoms with Crippen molar-refractivity contribution in [2.24, 2.45) is 0 Å². The zero-order valence-corrected chi connectivity index (χ0v) is 9.16. The SMILES string of the molecule is COC(=O)c1cnc(C2CCCC2)[nH]c1=O. The Kier molecular flexibility index (Phi) is 3.03. The van der Waals surface area contributed by atoms with Gasteiger partial charge < -0.3 is 9.72 Å². The highest BCUT2D eigenvalue weighted by Gasteiger charge is 2.20. The molecule has 16 heavy (non-hydrogen) atoms. The van der Waals surface area contributed by atoms with Crippen molar-refractivity contribution < 1.29 is 9.53 Å². The zero-order valence-electron chi connectivity index (χ0n) is 9.16. The molecular weight excluding hydrogens is 208 g/mol. The van der Waals surface area contributed by atoms with Crippen LogP contribution in [-0.4, -0.2) is 23.0 Å². The number of carbonyl (C=O) groups is 1. The zero-order chi connectivity index (χ0) is 11.5. The van der Waals surface area contributed by atoms with Crippen LogP contribution in [0.4, 0.5) is 0 Å². The van der Waals surface area contributed by atoms with Crippen molar-refractivity contribution in [2.45, 2.75) is 31.6 Å². The Balaban J connectivity index is 2.28. The van der Waals surface area contributed by atoms with Crippen LogP contribution in [0.1, 0.15) is 47.8 Å². The number of hydrogen-bond donors (Lipinski definition) is 1. The van der Waals surface area contributed by atoms with Crippen LogP contribution in [-0.2, 0) is 4.74 Å². The summed E-state index contributed by atoms with van der Waals surface area (Å²) >= 11 is 0. The summed E-state index contributed by atoms with van der Waals surface area (Å²) in [6, 6.07) is 0. The standard InChI is InChI=1S/C11H14N2O3/c1-16-11(15)8-6-12-9(13-10(8)14)7-4-2-3-5-7/h6-7H,2-5H2,1H3,(H,12,13,14). The van der Waals surface area contributed by atoms with Crippen molar-refractivity contribution in [3.05, 3.63) is 27.9 Å². The number of carbonyl (C=O) groups excluding carboxylic acids is 1. The second-order valence-corrected chi connectivity index (χ2v) is 3.98. The predicted octanol–water partition coefficient (Wildman–Crippen LogP) is 1.21. The van der Waals surface area contributed by atoms with E-state index in [1.165, 1.54) is 26.1 Å². The van der Waals surface area contributed by atoms with E-state index in [1.54, 1.807) is 0 Å². The highest BCUT2D eigenvalue weighted by atomic mass is 16.5. The van der Waals surface area contributed by atoms with E-state index < -0.39 is 11.5 Å². The highest BCUT2D eigenvalue weighted by Crippen LogP contribution is 2.31. The van der Waals surface area contributed by atoms with E-state index in [0.717, 1.165) is 12.8 Å². The minimum absolute atomic E-state index is 0.0377. The van der Waals surface area contributed by atoms with Crippen LogP contribution in [0, 0.1) is 0 Å². The molecule has 1 fully saturated rings. The molecule has 1 N–H and O–H groups in total. The summed E-state index contributed by atoms with van der Waals surface area (Å²) in [5.74, 6) is 0.376. The van der Waals surface area contributed by atoms with Gasteiger partial charge in [-0.05, 0) is 12.8 Å². The van der Waals surface area contributed by atoms with E-state index in [0.29, 0.717) is 11.7 Å². The number of aromatic amines is 1. The molecule has 1 aromatic rings. The predicted molar refractivity (Wildman–Crippen MR) is 57.4 cm³/mol. The molecule has 86 valence electrons. The van der Waals surface area contributed by atoms with Gasteiger partial charge >= 0.3 is 5.97 Å². The van der Waals surface area contributed by atoms with Crippen molar-refractivity contribution in [3.8, 4) is 0 Å². The summed E-state index contributed by atoms with van der Waals surface area (Å²) in [6.07, 6.45) is 5.76. The molecule has 0 bridgehead atoms. The fraction of sp³-hybridized carbons (Fsp3) is 0.545. The van der Waals surface area contributed by atoms with Crippen LogP contribution in [0.15, 0.2) is 11.0 Å². The fourth-order valence-corrected chi connectivity index (χ4v) is 2.07. The molecule has 0 unspecified atom stereocenters. The average Bonchev–Trinajstić information content (AvgIpc) is 2.81. The molecule has 1 saturated carbocycles. The number of esters is 1. The van der Waals surface area contributed by atoms with Crippen LogP contribution < -0.4 is 5.56 Å². The van der Waals surface area contributed by atoms with Gasteiger partial charge in [-0.2, -0.15) is 0 Å². The Morgan fingerprint density at radius 3 is 2.75 bits per heavy atom. The minimum atomic E-state index is -0.647. The van der Waals surface area contributed by atoms with Gasteiger partial charge in [0, 0.05) is 12.1 Å². The van der Waals surface area contributed by atoms with Gasteiger partial charge in [-0.3, -0.25) is 4.79 Å². The van der Waals surface area contributed by atoms with Crippen LogP contribution in [0.3, 0.4) is 0 Å². The molecule has 5 heteroatoms. The molecule has 5 nitrogen and oxygen atoms in total. The second kappa shape index (κ2) is 4.47. The van der Waals surface area contributed by atoms with E-state index >= 15 is 0 Å². The van der Waals surface area contributed by atoms with E-state index in [2.05, 4.69) is 14.7 Å². The molecule has 1 aromatic heterocycles. The molecular formula is C11H14N2O3. The van der Waals surface area contributed by atoms with Gasteiger partial charge in [0.2, 0.25) is 0 Å².